The van der Waals surface area contributed by atoms with Crippen molar-refractivity contribution in [3.8, 4) is 6.07 Å². The molecule has 0 heterocycles. The molecule has 2 rings (SSSR count). The van der Waals surface area contributed by atoms with Crippen molar-refractivity contribution in [2.75, 3.05) is 12.3 Å². The van der Waals surface area contributed by atoms with Gasteiger partial charge in [-0.2, -0.15) is 10.4 Å². The first-order chi connectivity index (χ1) is 17.9. The Morgan fingerprint density at radius 1 is 1.19 bits per heavy atom. The second kappa shape index (κ2) is 17.2. The van der Waals surface area contributed by atoms with Crippen molar-refractivity contribution in [3.63, 3.8) is 0 Å². The molecule has 0 saturated heterocycles. The highest BCUT2D eigenvalue weighted by Crippen LogP contribution is 2.41. The summed E-state index contributed by atoms with van der Waals surface area (Å²) in [6.45, 7) is 16.4. The normalized spacial score (nSPS) is 13.7. The van der Waals surface area contributed by atoms with E-state index in [-0.39, 0.29) is 5.92 Å². The maximum Gasteiger partial charge on any atom is 0.134 e. The van der Waals surface area contributed by atoms with Gasteiger partial charge in [0.2, 0.25) is 0 Å². The van der Waals surface area contributed by atoms with E-state index in [1.54, 1.807) is 30.0 Å². The number of hydrogen-bond acceptors (Lipinski definition) is 5. The van der Waals surface area contributed by atoms with Crippen LogP contribution in [0.15, 0.2) is 70.7 Å². The highest BCUT2D eigenvalue weighted by atomic mass is 32.2. The van der Waals surface area contributed by atoms with Crippen LogP contribution in [-0.2, 0) is 12.0 Å². The predicted octanol–water partition coefficient (Wildman–Crippen LogP) is 7.29. The largest absolute Gasteiger partial charge is 0.308 e. The Bertz CT molecular complexity index is 1080. The first kappa shape index (κ1) is 31.7. The zero-order chi connectivity index (χ0) is 27.7. The number of hydrazone groups is 1. The average Bonchev–Trinajstić information content (AvgIpc) is 2.92. The number of nitrogens with zero attached hydrogens (tertiary/aromatic N) is 4. The fraction of sp³-hybridized carbons (Fsp3) is 0.379. The highest BCUT2D eigenvalue weighted by molar-refractivity contribution is 8.13. The molecule has 2 atom stereocenters. The summed E-state index contributed by atoms with van der Waals surface area (Å²) in [5.74, 6) is -0.564. The Hall–Kier alpha value is -3.31. The average molecular weight is 526 g/mol. The SMILES string of the molecule is C=C.C=N/C=N\NC[C@](CCCC)(c1ccc(F)cc1F)[C@@H](C)C(=NCc1ccc(C#N)cc1)SCC. The van der Waals surface area contributed by atoms with E-state index in [9.17, 15) is 4.39 Å². The Morgan fingerprint density at radius 2 is 1.89 bits per heavy atom. The number of nitrogens with one attached hydrogen (secondary N) is 1. The zero-order valence-corrected chi connectivity index (χ0v) is 22.8. The molecular weight excluding hydrogens is 488 g/mol. The molecule has 2 aromatic carbocycles. The third-order valence-corrected chi connectivity index (χ3v) is 7.13. The van der Waals surface area contributed by atoms with Crippen molar-refractivity contribution in [2.45, 2.75) is 52.0 Å². The molecule has 0 fully saturated rings. The minimum atomic E-state index is -0.724. The van der Waals surface area contributed by atoms with Crippen molar-refractivity contribution in [1.82, 2.24) is 5.43 Å². The fourth-order valence-corrected chi connectivity index (χ4v) is 5.05. The van der Waals surface area contributed by atoms with Crippen molar-refractivity contribution in [1.29, 1.82) is 5.26 Å². The van der Waals surface area contributed by atoms with Gasteiger partial charge in [-0.25, -0.2) is 8.78 Å². The number of aliphatic imine (C=N–C) groups is 2. The molecule has 0 saturated carbocycles. The number of benzene rings is 2. The molecule has 5 nitrogen and oxygen atoms in total. The monoisotopic (exact) mass is 525 g/mol. The summed E-state index contributed by atoms with van der Waals surface area (Å²) in [5, 5.41) is 14.0. The summed E-state index contributed by atoms with van der Waals surface area (Å²) >= 11 is 1.63. The van der Waals surface area contributed by atoms with Crippen LogP contribution in [0.25, 0.3) is 0 Å². The van der Waals surface area contributed by atoms with Crippen LogP contribution < -0.4 is 5.43 Å². The van der Waals surface area contributed by atoms with Crippen molar-refractivity contribution in [3.05, 3.63) is 83.9 Å². The van der Waals surface area contributed by atoms with Crippen LogP contribution in [0.3, 0.4) is 0 Å². The van der Waals surface area contributed by atoms with Gasteiger partial charge in [-0.05, 0) is 48.2 Å². The number of unbranched alkanes of at least 4 members (excludes halogenated alkanes) is 1. The summed E-state index contributed by atoms with van der Waals surface area (Å²) in [5.41, 5.74) is 4.32. The predicted molar refractivity (Wildman–Crippen MR) is 154 cm³/mol. The van der Waals surface area contributed by atoms with Crippen LogP contribution in [0.2, 0.25) is 0 Å². The lowest BCUT2D eigenvalue weighted by Crippen LogP contribution is -2.45. The first-order valence-electron chi connectivity index (χ1n) is 12.2. The zero-order valence-electron chi connectivity index (χ0n) is 22.0. The van der Waals surface area contributed by atoms with Crippen LogP contribution in [0.5, 0.6) is 0 Å². The number of rotatable bonds is 13. The molecule has 37 heavy (non-hydrogen) atoms. The van der Waals surface area contributed by atoms with Gasteiger partial charge >= 0.3 is 0 Å². The van der Waals surface area contributed by atoms with E-state index in [2.05, 4.69) is 62.2 Å². The minimum absolute atomic E-state index is 0.184. The Labute approximate surface area is 224 Å². The third kappa shape index (κ3) is 9.25. The summed E-state index contributed by atoms with van der Waals surface area (Å²) < 4.78 is 29.1. The van der Waals surface area contributed by atoms with Gasteiger partial charge in [0.25, 0.3) is 0 Å². The summed E-state index contributed by atoms with van der Waals surface area (Å²) in [6, 6.07) is 13.2. The standard InChI is InChI=1S/C27H33F2N5S.C2H4/c1-5-7-14-27(18-33-34-19-31-4,24-13-12-23(28)15-25(24)29)20(3)26(35-6-2)32-17-22-10-8-21(16-30)9-11-22;1-2/h8-13,15,19-20,33H,4-7,14,17-18H2,1-3H3;1-2H2/b32-26?,34-19-;/t20-,27-;/m0./s1. The van der Waals surface area contributed by atoms with Gasteiger partial charge in [-0.3, -0.25) is 9.98 Å². The van der Waals surface area contributed by atoms with Crippen molar-refractivity contribution < 1.29 is 8.78 Å². The lowest BCUT2D eigenvalue weighted by Gasteiger charge is -2.40. The molecule has 198 valence electrons. The van der Waals surface area contributed by atoms with Gasteiger partial charge in [-0.15, -0.1) is 24.9 Å². The second-order valence-corrected chi connectivity index (χ2v) is 9.55. The van der Waals surface area contributed by atoms with Crippen LogP contribution in [-0.4, -0.2) is 30.4 Å². The molecule has 0 bridgehead atoms. The molecule has 8 heteroatoms. The van der Waals surface area contributed by atoms with Crippen molar-refractivity contribution in [2.24, 2.45) is 21.0 Å². The fourth-order valence-electron chi connectivity index (χ4n) is 4.12. The van der Waals surface area contributed by atoms with Gasteiger partial charge in [0.1, 0.15) is 18.0 Å². The number of nitriles is 1. The summed E-state index contributed by atoms with van der Waals surface area (Å²) in [6.07, 6.45) is 3.74. The lowest BCUT2D eigenvalue weighted by molar-refractivity contribution is 0.293. The van der Waals surface area contributed by atoms with Gasteiger partial charge < -0.3 is 5.43 Å². The lowest BCUT2D eigenvalue weighted by atomic mass is 9.67. The molecule has 0 aliphatic rings. The Kier molecular flexibility index (Phi) is 14.7. The van der Waals surface area contributed by atoms with E-state index in [1.165, 1.54) is 12.4 Å². The van der Waals surface area contributed by atoms with Gasteiger partial charge in [-0.1, -0.05) is 51.8 Å². The quantitative estimate of drug-likeness (QED) is 0.129. The van der Waals surface area contributed by atoms with Crippen LogP contribution >= 0.6 is 11.8 Å². The Morgan fingerprint density at radius 3 is 2.46 bits per heavy atom. The molecule has 1 N–H and O–H groups in total. The van der Waals surface area contributed by atoms with E-state index < -0.39 is 17.0 Å². The molecule has 0 aliphatic heterocycles. The number of halogens is 2. The molecule has 0 aromatic heterocycles. The van der Waals surface area contributed by atoms with Gasteiger partial charge in [0, 0.05) is 23.9 Å². The topological polar surface area (TPSA) is 72.9 Å². The minimum Gasteiger partial charge on any atom is -0.308 e. The molecular formula is C29H37F2N5S. The van der Waals surface area contributed by atoms with Gasteiger partial charge in [0.05, 0.1) is 23.2 Å². The molecule has 0 radical (unpaired) electrons. The maximum atomic E-state index is 15.3. The smallest absolute Gasteiger partial charge is 0.134 e. The van der Waals surface area contributed by atoms with Crippen molar-refractivity contribution >= 4 is 29.9 Å². The highest BCUT2D eigenvalue weighted by Gasteiger charge is 2.42. The molecule has 0 unspecified atom stereocenters. The van der Waals surface area contributed by atoms with E-state index in [0.717, 1.165) is 35.3 Å². The number of thioether (sulfide) groups is 1. The molecule has 2 aromatic rings. The van der Waals surface area contributed by atoms with E-state index >= 15 is 4.39 Å². The summed E-state index contributed by atoms with van der Waals surface area (Å²) in [7, 11) is 0. The van der Waals surface area contributed by atoms with E-state index in [0.29, 0.717) is 30.6 Å². The third-order valence-electron chi connectivity index (χ3n) is 6.06. The first-order valence-corrected chi connectivity index (χ1v) is 13.2. The van der Waals surface area contributed by atoms with E-state index in [1.807, 2.05) is 12.1 Å². The second-order valence-electron chi connectivity index (χ2n) is 8.26. The number of hydrogen-bond donors (Lipinski definition) is 1. The Balaban J connectivity index is 0.00000334. The summed E-state index contributed by atoms with van der Waals surface area (Å²) in [4.78, 5) is 8.56. The molecule has 0 spiro atoms. The van der Waals surface area contributed by atoms with E-state index in [4.69, 9.17) is 10.3 Å². The molecule has 0 amide bonds. The van der Waals surface area contributed by atoms with Crippen LogP contribution in [0.4, 0.5) is 8.78 Å². The van der Waals surface area contributed by atoms with Gasteiger partial charge in [0.15, 0.2) is 0 Å². The van der Waals surface area contributed by atoms with Crippen LogP contribution in [0.1, 0.15) is 56.7 Å². The molecule has 0 aliphatic carbocycles. The van der Waals surface area contributed by atoms with Crippen LogP contribution in [0, 0.1) is 28.9 Å². The maximum absolute atomic E-state index is 15.3.